The van der Waals surface area contributed by atoms with E-state index >= 15 is 0 Å². The number of likely N-dealkylation sites (N-methyl/N-ethyl adjacent to an activating group) is 1. The number of benzene rings is 1. The predicted octanol–water partition coefficient (Wildman–Crippen LogP) is 2.20. The number of nitrogens with one attached hydrogen (secondary N) is 2. The van der Waals surface area contributed by atoms with Gasteiger partial charge < -0.3 is 35.4 Å². The van der Waals surface area contributed by atoms with Crippen molar-refractivity contribution in [1.29, 1.82) is 0 Å². The van der Waals surface area contributed by atoms with Crippen LogP contribution in [0.1, 0.15) is 53.1 Å². The van der Waals surface area contributed by atoms with Crippen molar-refractivity contribution in [1.82, 2.24) is 14.8 Å². The molecule has 0 saturated heterocycles. The third kappa shape index (κ3) is 6.89. The fourth-order valence-corrected chi connectivity index (χ4v) is 4.52. The monoisotopic (exact) mass is 544 g/mol. The van der Waals surface area contributed by atoms with Gasteiger partial charge in [-0.3, -0.25) is 14.4 Å². The first-order chi connectivity index (χ1) is 18.5. The van der Waals surface area contributed by atoms with Crippen LogP contribution in [0.25, 0.3) is 11.6 Å². The van der Waals surface area contributed by atoms with Gasteiger partial charge in [0.2, 0.25) is 0 Å². The highest BCUT2D eigenvalue weighted by atomic mass is 19.1. The molecular formula is C27H33FN4O7. The SMILES string of the molecule is CCN(CC)CCN1CCc2[nH]c(/C=C3\C(=O)Nc4ccc(F)cc43)c(C)c2C1=O.O=C(O)CC(O)C(=O)O. The van der Waals surface area contributed by atoms with Crippen LogP contribution in [0.5, 0.6) is 0 Å². The molecule has 2 amide bonds. The number of amides is 2. The fraction of sp³-hybridized carbons (Fsp3) is 0.407. The molecule has 0 radical (unpaired) electrons. The van der Waals surface area contributed by atoms with Crippen LogP contribution in [-0.2, 0) is 20.8 Å². The lowest BCUT2D eigenvalue weighted by Crippen LogP contribution is -2.42. The molecule has 2 aliphatic heterocycles. The highest BCUT2D eigenvalue weighted by Crippen LogP contribution is 2.35. The summed E-state index contributed by atoms with van der Waals surface area (Å²) in [5.41, 5.74) is 4.69. The van der Waals surface area contributed by atoms with E-state index in [1.165, 1.54) is 12.1 Å². The van der Waals surface area contributed by atoms with Gasteiger partial charge in [-0.25, -0.2) is 9.18 Å². The number of halogens is 1. The summed E-state index contributed by atoms with van der Waals surface area (Å²) < 4.78 is 13.7. The van der Waals surface area contributed by atoms with Crippen molar-refractivity contribution in [3.05, 3.63) is 52.1 Å². The standard InChI is InChI=1S/C23H27FN4O2.C4H6O5/c1-4-27(5-2)10-11-28-9-8-19-21(23(28)30)14(3)20(25-19)13-17-16-12-15(24)6-7-18(16)26-22(17)29;5-2(4(8)9)1-3(6)7/h6-7,12-13,25H,4-5,8-11H2,1-3H3,(H,26,29);2,5H,1H2,(H,6,7)(H,8,9)/b17-13-;. The van der Waals surface area contributed by atoms with Gasteiger partial charge in [0.1, 0.15) is 5.82 Å². The van der Waals surface area contributed by atoms with Gasteiger partial charge in [0, 0.05) is 48.7 Å². The lowest BCUT2D eigenvalue weighted by molar-refractivity contribution is -0.152. The lowest BCUT2D eigenvalue weighted by Gasteiger charge is -2.29. The number of anilines is 1. The second kappa shape index (κ2) is 12.7. The van der Waals surface area contributed by atoms with E-state index in [1.54, 1.807) is 12.1 Å². The van der Waals surface area contributed by atoms with E-state index in [-0.39, 0.29) is 11.8 Å². The Morgan fingerprint density at radius 1 is 1.21 bits per heavy atom. The van der Waals surface area contributed by atoms with E-state index in [0.717, 1.165) is 43.0 Å². The molecule has 1 aromatic carbocycles. The summed E-state index contributed by atoms with van der Waals surface area (Å²) in [5, 5.41) is 26.9. The maximum Gasteiger partial charge on any atom is 0.333 e. The van der Waals surface area contributed by atoms with Crippen molar-refractivity contribution >= 4 is 41.1 Å². The number of carboxylic acids is 2. The van der Waals surface area contributed by atoms with Gasteiger partial charge in [0.25, 0.3) is 11.8 Å². The fourth-order valence-electron chi connectivity index (χ4n) is 4.52. The van der Waals surface area contributed by atoms with E-state index < -0.39 is 30.3 Å². The Hall–Kier alpha value is -4.03. The molecule has 0 saturated carbocycles. The predicted molar refractivity (Wildman–Crippen MR) is 142 cm³/mol. The molecule has 2 aromatic rings. The lowest BCUT2D eigenvalue weighted by atomic mass is 10.0. The number of carbonyl (C=O) groups excluding carboxylic acids is 2. The summed E-state index contributed by atoms with van der Waals surface area (Å²) in [5.74, 6) is -3.47. The number of aliphatic carboxylic acids is 2. The third-order valence-corrected chi connectivity index (χ3v) is 6.79. The number of aromatic nitrogens is 1. The van der Waals surface area contributed by atoms with Crippen LogP contribution in [0.2, 0.25) is 0 Å². The molecular weight excluding hydrogens is 511 g/mol. The molecule has 39 heavy (non-hydrogen) atoms. The van der Waals surface area contributed by atoms with Gasteiger partial charge in [-0.05, 0) is 49.9 Å². The molecule has 12 heteroatoms. The zero-order valence-electron chi connectivity index (χ0n) is 22.1. The highest BCUT2D eigenvalue weighted by Gasteiger charge is 2.30. The Bertz CT molecular complexity index is 1300. The number of H-pyrrole nitrogens is 1. The minimum atomic E-state index is -1.79. The average Bonchev–Trinajstić information content (AvgIpc) is 3.37. The summed E-state index contributed by atoms with van der Waals surface area (Å²) in [7, 11) is 0. The zero-order chi connectivity index (χ0) is 28.9. The first kappa shape index (κ1) is 29.5. The maximum absolute atomic E-state index is 13.7. The molecule has 0 bridgehead atoms. The molecule has 0 fully saturated rings. The summed E-state index contributed by atoms with van der Waals surface area (Å²) >= 11 is 0. The molecule has 3 heterocycles. The van der Waals surface area contributed by atoms with Gasteiger partial charge in [0.05, 0.1) is 17.6 Å². The molecule has 210 valence electrons. The molecule has 1 unspecified atom stereocenters. The van der Waals surface area contributed by atoms with E-state index in [1.807, 2.05) is 11.8 Å². The van der Waals surface area contributed by atoms with Gasteiger partial charge in [-0.2, -0.15) is 0 Å². The average molecular weight is 545 g/mol. The quantitative estimate of drug-likeness (QED) is 0.300. The molecule has 0 aliphatic carbocycles. The number of nitrogens with zero attached hydrogens (tertiary/aromatic N) is 2. The summed E-state index contributed by atoms with van der Waals surface area (Å²) in [6.45, 7) is 10.3. The number of carbonyl (C=O) groups is 4. The van der Waals surface area contributed by atoms with Crippen LogP contribution >= 0.6 is 0 Å². The van der Waals surface area contributed by atoms with Crippen molar-refractivity contribution < 1.29 is 38.9 Å². The van der Waals surface area contributed by atoms with Crippen molar-refractivity contribution in [3.63, 3.8) is 0 Å². The Kier molecular flexibility index (Phi) is 9.60. The van der Waals surface area contributed by atoms with Crippen LogP contribution in [0.4, 0.5) is 10.1 Å². The van der Waals surface area contributed by atoms with Gasteiger partial charge in [-0.15, -0.1) is 0 Å². The van der Waals surface area contributed by atoms with Crippen molar-refractivity contribution in [2.45, 2.75) is 39.7 Å². The number of aromatic amines is 1. The molecule has 11 nitrogen and oxygen atoms in total. The van der Waals surface area contributed by atoms with E-state index in [4.69, 9.17) is 15.3 Å². The molecule has 4 rings (SSSR count). The molecule has 2 aliphatic rings. The largest absolute Gasteiger partial charge is 0.481 e. The van der Waals surface area contributed by atoms with Crippen molar-refractivity contribution in [2.75, 3.05) is 38.0 Å². The van der Waals surface area contributed by atoms with Crippen LogP contribution in [0.3, 0.4) is 0 Å². The third-order valence-electron chi connectivity index (χ3n) is 6.79. The minimum Gasteiger partial charge on any atom is -0.481 e. The number of fused-ring (bicyclic) bond motifs is 2. The first-order valence-corrected chi connectivity index (χ1v) is 12.6. The van der Waals surface area contributed by atoms with Gasteiger partial charge in [0.15, 0.2) is 6.10 Å². The second-order valence-corrected chi connectivity index (χ2v) is 9.24. The van der Waals surface area contributed by atoms with Crippen molar-refractivity contribution in [2.24, 2.45) is 0 Å². The number of hydrogen-bond donors (Lipinski definition) is 5. The van der Waals surface area contributed by atoms with Gasteiger partial charge in [-0.1, -0.05) is 13.8 Å². The van der Waals surface area contributed by atoms with E-state index in [0.29, 0.717) is 35.5 Å². The van der Waals surface area contributed by atoms with Crippen LogP contribution in [0.15, 0.2) is 18.2 Å². The second-order valence-electron chi connectivity index (χ2n) is 9.24. The topological polar surface area (TPSA) is 163 Å². The number of aliphatic hydroxyl groups is 1. The maximum atomic E-state index is 13.7. The Morgan fingerprint density at radius 3 is 2.49 bits per heavy atom. The smallest absolute Gasteiger partial charge is 0.333 e. The van der Waals surface area contributed by atoms with Crippen LogP contribution < -0.4 is 5.32 Å². The molecule has 1 aromatic heterocycles. The van der Waals surface area contributed by atoms with Crippen LogP contribution in [-0.4, -0.2) is 92.7 Å². The zero-order valence-corrected chi connectivity index (χ0v) is 22.1. The Balaban J connectivity index is 0.000000403. The number of rotatable bonds is 9. The first-order valence-electron chi connectivity index (χ1n) is 12.6. The highest BCUT2D eigenvalue weighted by molar-refractivity contribution is 6.34. The Morgan fingerprint density at radius 2 is 1.90 bits per heavy atom. The molecule has 1 atom stereocenters. The van der Waals surface area contributed by atoms with Crippen LogP contribution in [0, 0.1) is 12.7 Å². The minimum absolute atomic E-state index is 0.0316. The molecule has 0 spiro atoms. The number of aliphatic hydroxyl groups excluding tert-OH is 1. The van der Waals surface area contributed by atoms with E-state index in [9.17, 15) is 23.6 Å². The van der Waals surface area contributed by atoms with E-state index in [2.05, 4.69) is 29.0 Å². The summed E-state index contributed by atoms with van der Waals surface area (Å²) in [6.07, 6.45) is -0.0693. The number of carboxylic acid groups (broad SMARTS) is 2. The van der Waals surface area contributed by atoms with Gasteiger partial charge >= 0.3 is 11.9 Å². The van der Waals surface area contributed by atoms with Crippen molar-refractivity contribution in [3.8, 4) is 0 Å². The Labute approximate surface area is 224 Å². The normalized spacial score (nSPS) is 15.9. The number of hydrogen-bond acceptors (Lipinski definition) is 6. The molecule has 5 N–H and O–H groups in total. The summed E-state index contributed by atoms with van der Waals surface area (Å²) in [6, 6.07) is 4.25. The summed E-state index contributed by atoms with van der Waals surface area (Å²) in [4.78, 5) is 52.5.